The van der Waals surface area contributed by atoms with Gasteiger partial charge in [-0.25, -0.2) is 4.98 Å². The van der Waals surface area contributed by atoms with E-state index in [0.717, 1.165) is 22.3 Å². The van der Waals surface area contributed by atoms with Crippen LogP contribution in [0.2, 0.25) is 0 Å². The number of carbonyl (C=O) groups excluding carboxylic acids is 2. The van der Waals surface area contributed by atoms with E-state index in [1.807, 2.05) is 27.7 Å². The van der Waals surface area contributed by atoms with Gasteiger partial charge in [-0.15, -0.1) is 11.3 Å². The molecule has 0 saturated heterocycles. The van der Waals surface area contributed by atoms with Gasteiger partial charge in [0.05, 0.1) is 12.7 Å². The zero-order chi connectivity index (χ0) is 17.3. The van der Waals surface area contributed by atoms with Crippen LogP contribution in [-0.2, 0) is 0 Å². The van der Waals surface area contributed by atoms with Crippen molar-refractivity contribution in [2.24, 2.45) is 0 Å². The molecule has 0 aliphatic carbocycles. The molecule has 0 aliphatic heterocycles. The molecule has 1 heterocycles. The van der Waals surface area contributed by atoms with Crippen LogP contribution in [0.1, 0.15) is 50.0 Å². The van der Waals surface area contributed by atoms with Gasteiger partial charge in [-0.2, -0.15) is 0 Å². The lowest BCUT2D eigenvalue weighted by atomic mass is 9.93. The number of thiazole rings is 1. The summed E-state index contributed by atoms with van der Waals surface area (Å²) in [5, 5.41) is 4.79. The molecule has 5 nitrogen and oxygen atoms in total. The fourth-order valence-electron chi connectivity index (χ4n) is 2.46. The summed E-state index contributed by atoms with van der Waals surface area (Å²) in [6.45, 7) is 9.30. The Bertz CT molecular complexity index is 794. The Morgan fingerprint density at radius 2 is 1.70 bits per heavy atom. The third kappa shape index (κ3) is 3.12. The normalized spacial score (nSPS) is 10.5. The number of hydrogen-bond acceptors (Lipinski definition) is 5. The molecule has 1 N–H and O–H groups in total. The van der Waals surface area contributed by atoms with Crippen molar-refractivity contribution in [2.75, 3.05) is 12.4 Å². The molecule has 1 amide bonds. The van der Waals surface area contributed by atoms with Crippen LogP contribution >= 0.6 is 11.3 Å². The van der Waals surface area contributed by atoms with Crippen molar-refractivity contribution in [1.82, 2.24) is 4.98 Å². The van der Waals surface area contributed by atoms with Gasteiger partial charge in [-0.3, -0.25) is 14.9 Å². The van der Waals surface area contributed by atoms with Gasteiger partial charge in [0, 0.05) is 12.3 Å². The van der Waals surface area contributed by atoms with Gasteiger partial charge in [0.1, 0.15) is 11.4 Å². The summed E-state index contributed by atoms with van der Waals surface area (Å²) < 4.78 is 5.46. The second kappa shape index (κ2) is 6.50. The lowest BCUT2D eigenvalue weighted by Gasteiger charge is -2.18. The van der Waals surface area contributed by atoms with Crippen LogP contribution in [0.5, 0.6) is 5.75 Å². The molecular weight excluding hydrogens is 312 g/mol. The van der Waals surface area contributed by atoms with Crippen LogP contribution < -0.4 is 10.1 Å². The van der Waals surface area contributed by atoms with Gasteiger partial charge in [0.2, 0.25) is 0 Å². The first-order valence-corrected chi connectivity index (χ1v) is 8.08. The Kier molecular flexibility index (Phi) is 4.85. The Balaban J connectivity index is 2.44. The van der Waals surface area contributed by atoms with Crippen LogP contribution in [0.25, 0.3) is 0 Å². The van der Waals surface area contributed by atoms with Gasteiger partial charge in [-0.1, -0.05) is 0 Å². The number of ketones is 1. The van der Waals surface area contributed by atoms with Crippen molar-refractivity contribution in [3.63, 3.8) is 0 Å². The van der Waals surface area contributed by atoms with Crippen LogP contribution in [0.4, 0.5) is 5.13 Å². The monoisotopic (exact) mass is 332 g/mol. The average molecular weight is 332 g/mol. The lowest BCUT2D eigenvalue weighted by Crippen LogP contribution is -2.17. The minimum atomic E-state index is -0.282. The van der Waals surface area contributed by atoms with Crippen molar-refractivity contribution in [3.8, 4) is 5.75 Å². The number of anilines is 1. The van der Waals surface area contributed by atoms with E-state index in [9.17, 15) is 9.59 Å². The first-order chi connectivity index (χ1) is 10.8. The van der Waals surface area contributed by atoms with Crippen molar-refractivity contribution in [2.45, 2.75) is 34.6 Å². The number of rotatable bonds is 4. The predicted octanol–water partition coefficient (Wildman–Crippen LogP) is 3.84. The van der Waals surface area contributed by atoms with Crippen molar-refractivity contribution < 1.29 is 14.3 Å². The van der Waals surface area contributed by atoms with Gasteiger partial charge in [0.15, 0.2) is 10.9 Å². The van der Waals surface area contributed by atoms with Gasteiger partial charge in [0.25, 0.3) is 5.91 Å². The highest BCUT2D eigenvalue weighted by molar-refractivity contribution is 7.14. The topological polar surface area (TPSA) is 68.3 Å². The molecule has 0 saturated carbocycles. The van der Waals surface area contributed by atoms with Gasteiger partial charge >= 0.3 is 0 Å². The number of ether oxygens (including phenoxy) is 1. The summed E-state index contributed by atoms with van der Waals surface area (Å²) in [5.41, 5.74) is 4.87. The molecule has 23 heavy (non-hydrogen) atoms. The average Bonchev–Trinajstić information content (AvgIpc) is 2.97. The molecule has 122 valence electrons. The van der Waals surface area contributed by atoms with Crippen LogP contribution in [0.3, 0.4) is 0 Å². The number of Topliss-reactive ketones (excluding diaryl/α,β-unsaturated/α-hetero) is 1. The summed E-state index contributed by atoms with van der Waals surface area (Å²) >= 11 is 1.23. The number of amides is 1. The molecule has 2 rings (SSSR count). The summed E-state index contributed by atoms with van der Waals surface area (Å²) in [4.78, 5) is 28.1. The number of benzene rings is 1. The number of carbonyl (C=O) groups is 2. The van der Waals surface area contributed by atoms with Crippen LogP contribution in [-0.4, -0.2) is 23.8 Å². The van der Waals surface area contributed by atoms with Gasteiger partial charge < -0.3 is 4.74 Å². The van der Waals surface area contributed by atoms with E-state index in [2.05, 4.69) is 10.3 Å². The highest BCUT2D eigenvalue weighted by Gasteiger charge is 2.22. The number of nitrogens with one attached hydrogen (secondary N) is 1. The third-order valence-electron chi connectivity index (χ3n) is 4.15. The lowest BCUT2D eigenvalue weighted by molar-refractivity contribution is 0.100. The van der Waals surface area contributed by atoms with E-state index >= 15 is 0 Å². The molecule has 0 bridgehead atoms. The summed E-state index contributed by atoms with van der Waals surface area (Å²) in [6, 6.07) is 0. The molecule has 0 spiro atoms. The zero-order valence-electron chi connectivity index (χ0n) is 14.2. The fraction of sp³-hybridized carbons (Fsp3) is 0.353. The predicted molar refractivity (Wildman–Crippen MR) is 92.0 cm³/mol. The largest absolute Gasteiger partial charge is 0.496 e. The first-order valence-electron chi connectivity index (χ1n) is 7.20. The highest BCUT2D eigenvalue weighted by atomic mass is 32.1. The minimum Gasteiger partial charge on any atom is -0.496 e. The smallest absolute Gasteiger partial charge is 0.261 e. The maximum atomic E-state index is 12.7. The maximum Gasteiger partial charge on any atom is 0.261 e. The second-order valence-corrected chi connectivity index (χ2v) is 6.31. The molecule has 0 radical (unpaired) electrons. The molecule has 0 fully saturated rings. The van der Waals surface area contributed by atoms with Crippen molar-refractivity contribution in [1.29, 1.82) is 0 Å². The van der Waals surface area contributed by atoms with E-state index in [-0.39, 0.29) is 11.7 Å². The summed E-state index contributed by atoms with van der Waals surface area (Å²) in [5.74, 6) is 0.166. The minimum absolute atomic E-state index is 0.127. The summed E-state index contributed by atoms with van der Waals surface area (Å²) in [7, 11) is 1.56. The first kappa shape index (κ1) is 17.1. The number of nitrogens with zero attached hydrogens (tertiary/aromatic N) is 1. The number of aromatic nitrogens is 1. The van der Waals surface area contributed by atoms with Crippen molar-refractivity contribution in [3.05, 3.63) is 38.9 Å². The number of methoxy groups -OCH3 is 1. The molecular formula is C17H20N2O3S. The second-order valence-electron chi connectivity index (χ2n) is 5.46. The van der Waals surface area contributed by atoms with E-state index in [1.165, 1.54) is 18.3 Å². The highest BCUT2D eigenvalue weighted by Crippen LogP contribution is 2.33. The molecule has 0 atom stereocenters. The molecule has 0 aliphatic rings. The van der Waals surface area contributed by atoms with Gasteiger partial charge in [-0.05, 0) is 49.9 Å². The quantitative estimate of drug-likeness (QED) is 0.864. The Morgan fingerprint density at radius 1 is 1.09 bits per heavy atom. The van der Waals surface area contributed by atoms with Crippen molar-refractivity contribution >= 4 is 28.2 Å². The molecule has 1 aromatic carbocycles. The molecule has 2 aromatic rings. The molecule has 6 heteroatoms. The number of hydrogen-bond donors (Lipinski definition) is 1. The zero-order valence-corrected chi connectivity index (χ0v) is 15.0. The Morgan fingerprint density at radius 3 is 2.22 bits per heavy atom. The standard InChI is InChI=1S/C17H20N2O3S/c1-8-9(2)11(4)15(22-6)14(10(8)3)16(21)19-17-18-13(7-23-17)12(5)20/h7H,1-6H3,(H,18,19,21). The Labute approximate surface area is 139 Å². The maximum absolute atomic E-state index is 12.7. The van der Waals surface area contributed by atoms with Crippen LogP contribution in [0, 0.1) is 27.7 Å². The van der Waals surface area contributed by atoms with E-state index < -0.39 is 0 Å². The Hall–Kier alpha value is -2.21. The third-order valence-corrected chi connectivity index (χ3v) is 4.90. The van der Waals surface area contributed by atoms with E-state index in [4.69, 9.17) is 4.74 Å². The fourth-order valence-corrected chi connectivity index (χ4v) is 3.20. The van der Waals surface area contributed by atoms with E-state index in [0.29, 0.717) is 22.1 Å². The molecule has 1 aromatic heterocycles. The van der Waals surface area contributed by atoms with Crippen LogP contribution in [0.15, 0.2) is 5.38 Å². The SMILES string of the molecule is COc1c(C)c(C)c(C)c(C)c1C(=O)Nc1nc(C(C)=O)cs1. The summed E-state index contributed by atoms with van der Waals surface area (Å²) in [6.07, 6.45) is 0. The molecule has 0 unspecified atom stereocenters. The van der Waals surface area contributed by atoms with E-state index in [1.54, 1.807) is 12.5 Å².